The molecule has 7 nitrogen and oxygen atoms in total. The molecule has 5 N–H and O–H groups in total. The number of aliphatic hydroxyl groups is 4. The second-order valence-electron chi connectivity index (χ2n) is 8.91. The maximum absolute atomic E-state index is 10.0. The van der Waals surface area contributed by atoms with E-state index in [1.807, 2.05) is 4.90 Å². The van der Waals surface area contributed by atoms with Gasteiger partial charge in [0.05, 0.1) is 18.8 Å². The average molecular weight is 422 g/mol. The number of hydrogen-bond donors (Lipinski definition) is 5. The topological polar surface area (TPSA) is 99.4 Å². The van der Waals surface area contributed by atoms with Crippen molar-refractivity contribution in [1.29, 1.82) is 0 Å². The minimum absolute atomic E-state index is 0.217. The molecule has 2 saturated heterocycles. The van der Waals surface area contributed by atoms with E-state index in [1.54, 1.807) is 0 Å². The molecule has 1 aromatic carbocycles. The zero-order valence-corrected chi connectivity index (χ0v) is 18.2. The molecular weight excluding hydrogens is 382 g/mol. The predicted octanol–water partition coefficient (Wildman–Crippen LogP) is 0.932. The summed E-state index contributed by atoms with van der Waals surface area (Å²) in [7, 11) is 0. The Bertz CT molecular complexity index is 655. The quantitative estimate of drug-likeness (QED) is 0.339. The van der Waals surface area contributed by atoms with Crippen LogP contribution in [-0.2, 0) is 6.54 Å². The van der Waals surface area contributed by atoms with Crippen LogP contribution >= 0.6 is 0 Å². The van der Waals surface area contributed by atoms with Crippen molar-refractivity contribution in [2.75, 3.05) is 44.6 Å². The smallest absolute Gasteiger partial charge is 0.109 e. The summed E-state index contributed by atoms with van der Waals surface area (Å²) in [5, 5.41) is 42.7. The Labute approximate surface area is 180 Å². The fourth-order valence-electron chi connectivity index (χ4n) is 4.47. The molecule has 2 fully saturated rings. The summed E-state index contributed by atoms with van der Waals surface area (Å²) in [4.78, 5) is 4.36. The van der Waals surface area contributed by atoms with Gasteiger partial charge in [-0.05, 0) is 63.0 Å². The fourth-order valence-corrected chi connectivity index (χ4v) is 4.47. The van der Waals surface area contributed by atoms with Gasteiger partial charge < -0.3 is 25.7 Å². The molecule has 3 rings (SSSR count). The lowest BCUT2D eigenvalue weighted by molar-refractivity contribution is -0.145. The van der Waals surface area contributed by atoms with Crippen molar-refractivity contribution in [3.05, 3.63) is 29.3 Å². The number of anilines is 1. The number of likely N-dealkylation sites (tertiary alicyclic amines) is 2. The molecule has 2 aliphatic rings. The normalized spacial score (nSPS) is 27.8. The van der Waals surface area contributed by atoms with Crippen molar-refractivity contribution in [2.24, 2.45) is 0 Å². The number of benzene rings is 1. The van der Waals surface area contributed by atoms with Crippen LogP contribution in [0, 0.1) is 6.92 Å². The summed E-state index contributed by atoms with van der Waals surface area (Å²) >= 11 is 0. The van der Waals surface area contributed by atoms with Crippen molar-refractivity contribution >= 4 is 5.69 Å². The van der Waals surface area contributed by atoms with Crippen LogP contribution in [-0.4, -0.2) is 93.9 Å². The van der Waals surface area contributed by atoms with Gasteiger partial charge in [0.1, 0.15) is 12.2 Å². The maximum atomic E-state index is 10.0. The Morgan fingerprint density at radius 3 is 2.47 bits per heavy atom. The summed E-state index contributed by atoms with van der Waals surface area (Å²) in [5.41, 5.74) is 3.90. The third-order valence-electron chi connectivity index (χ3n) is 6.55. The van der Waals surface area contributed by atoms with E-state index in [0.29, 0.717) is 6.54 Å². The van der Waals surface area contributed by atoms with Gasteiger partial charge in [-0.1, -0.05) is 25.0 Å². The highest BCUT2D eigenvalue weighted by molar-refractivity contribution is 5.52. The highest BCUT2D eigenvalue weighted by Gasteiger charge is 2.40. The van der Waals surface area contributed by atoms with Gasteiger partial charge in [0.2, 0.25) is 0 Å². The van der Waals surface area contributed by atoms with Gasteiger partial charge in [0.25, 0.3) is 0 Å². The van der Waals surface area contributed by atoms with Gasteiger partial charge in [-0.15, -0.1) is 0 Å². The Morgan fingerprint density at radius 2 is 1.80 bits per heavy atom. The Balaban J connectivity index is 1.30. The van der Waals surface area contributed by atoms with Gasteiger partial charge in [0, 0.05) is 25.3 Å². The molecule has 0 amide bonds. The Hall–Kier alpha value is -1.22. The molecule has 0 saturated carbocycles. The molecular formula is C23H39N3O4. The molecule has 2 aliphatic heterocycles. The van der Waals surface area contributed by atoms with Crippen LogP contribution < -0.4 is 5.32 Å². The second-order valence-corrected chi connectivity index (χ2v) is 8.91. The number of rotatable bonds is 11. The van der Waals surface area contributed by atoms with Gasteiger partial charge in [-0.3, -0.25) is 9.80 Å². The van der Waals surface area contributed by atoms with Crippen molar-refractivity contribution in [2.45, 2.75) is 69.9 Å². The maximum Gasteiger partial charge on any atom is 0.109 e. The van der Waals surface area contributed by atoms with E-state index in [4.69, 9.17) is 0 Å². The summed E-state index contributed by atoms with van der Waals surface area (Å²) in [6, 6.07) is 6.21. The summed E-state index contributed by atoms with van der Waals surface area (Å²) in [6.07, 6.45) is 2.25. The Kier molecular flexibility index (Phi) is 8.92. The van der Waals surface area contributed by atoms with Crippen LogP contribution in [0.4, 0.5) is 5.69 Å². The highest BCUT2D eigenvalue weighted by Crippen LogP contribution is 2.21. The zero-order valence-electron chi connectivity index (χ0n) is 18.2. The van der Waals surface area contributed by atoms with E-state index in [-0.39, 0.29) is 13.2 Å². The molecule has 2 heterocycles. The molecule has 170 valence electrons. The standard InChI is InChI=1S/C23H39N3O4/c1-17-13-18(14-25-10-6-11-25)7-8-19(17)24-9-4-2-3-5-12-26-15-21(28)23(30)22(29)20(26)16-27/h7-8,13,20-24,27-30H,2-6,9-12,14-16H2,1H3/t20-,21+,22-,23-/m1/s1. The van der Waals surface area contributed by atoms with Crippen LogP contribution in [0.25, 0.3) is 0 Å². The number of nitrogens with one attached hydrogen (secondary N) is 1. The first-order chi connectivity index (χ1) is 14.5. The van der Waals surface area contributed by atoms with Crippen molar-refractivity contribution in [1.82, 2.24) is 9.80 Å². The third-order valence-corrected chi connectivity index (χ3v) is 6.55. The van der Waals surface area contributed by atoms with Crippen molar-refractivity contribution in [3.63, 3.8) is 0 Å². The number of β-amino-alcohol motifs (C(OH)–C–C–N with tert-alkyl or cyclic N) is 1. The van der Waals surface area contributed by atoms with Crippen LogP contribution in [0.15, 0.2) is 18.2 Å². The second kappa shape index (κ2) is 11.4. The molecule has 0 aliphatic carbocycles. The number of aryl methyl sites for hydroxylation is 1. The van der Waals surface area contributed by atoms with Crippen LogP contribution in [0.3, 0.4) is 0 Å². The van der Waals surface area contributed by atoms with Gasteiger partial charge in [-0.2, -0.15) is 0 Å². The van der Waals surface area contributed by atoms with Gasteiger partial charge >= 0.3 is 0 Å². The first-order valence-corrected chi connectivity index (χ1v) is 11.4. The molecule has 0 unspecified atom stereocenters. The minimum atomic E-state index is -1.18. The summed E-state index contributed by atoms with van der Waals surface area (Å²) in [6.45, 7) is 7.39. The first-order valence-electron chi connectivity index (χ1n) is 11.4. The number of hydrogen-bond acceptors (Lipinski definition) is 7. The van der Waals surface area contributed by atoms with E-state index >= 15 is 0 Å². The number of unbranched alkanes of at least 4 members (excludes halogenated alkanes) is 3. The highest BCUT2D eigenvalue weighted by atomic mass is 16.4. The average Bonchev–Trinajstić information content (AvgIpc) is 2.69. The van der Waals surface area contributed by atoms with Crippen LogP contribution in [0.5, 0.6) is 0 Å². The van der Waals surface area contributed by atoms with Crippen molar-refractivity contribution in [3.8, 4) is 0 Å². The largest absolute Gasteiger partial charge is 0.395 e. The summed E-state index contributed by atoms with van der Waals surface area (Å²) < 4.78 is 0. The van der Waals surface area contributed by atoms with Crippen molar-refractivity contribution < 1.29 is 20.4 Å². The monoisotopic (exact) mass is 421 g/mol. The molecule has 0 aromatic heterocycles. The SMILES string of the molecule is Cc1cc(CN2CCC2)ccc1NCCCCCCN1C[C@H](O)[C@@H](O)[C@H](O)[C@H]1CO. The predicted molar refractivity (Wildman–Crippen MR) is 118 cm³/mol. The molecule has 0 radical (unpaired) electrons. The van der Waals surface area contributed by atoms with Gasteiger partial charge in [-0.25, -0.2) is 0 Å². The Morgan fingerprint density at radius 1 is 1.03 bits per heavy atom. The molecule has 30 heavy (non-hydrogen) atoms. The van der Waals surface area contributed by atoms with E-state index in [9.17, 15) is 20.4 Å². The lowest BCUT2D eigenvalue weighted by Crippen LogP contribution is -2.62. The fraction of sp³-hybridized carbons (Fsp3) is 0.739. The molecule has 1 aromatic rings. The first kappa shape index (κ1) is 23.4. The molecule has 7 heteroatoms. The third kappa shape index (κ3) is 6.15. The molecule has 4 atom stereocenters. The van der Waals surface area contributed by atoms with Gasteiger partial charge in [0.15, 0.2) is 0 Å². The van der Waals surface area contributed by atoms with Crippen LogP contribution in [0.1, 0.15) is 43.2 Å². The lowest BCUT2D eigenvalue weighted by atomic mass is 9.94. The van der Waals surface area contributed by atoms with Crippen LogP contribution in [0.2, 0.25) is 0 Å². The zero-order chi connectivity index (χ0) is 21.5. The van der Waals surface area contributed by atoms with E-state index in [1.165, 1.54) is 36.3 Å². The van der Waals surface area contributed by atoms with E-state index in [2.05, 4.69) is 35.3 Å². The number of aliphatic hydroxyl groups excluding tert-OH is 4. The minimum Gasteiger partial charge on any atom is -0.395 e. The number of nitrogens with zero attached hydrogens (tertiary/aromatic N) is 2. The lowest BCUT2D eigenvalue weighted by Gasteiger charge is -2.43. The molecule has 0 bridgehead atoms. The number of piperidine rings is 1. The van der Waals surface area contributed by atoms with E-state index < -0.39 is 24.4 Å². The molecule has 0 spiro atoms. The van der Waals surface area contributed by atoms with E-state index in [0.717, 1.165) is 38.8 Å². The summed E-state index contributed by atoms with van der Waals surface area (Å²) in [5.74, 6) is 0.